The van der Waals surface area contributed by atoms with E-state index in [4.69, 9.17) is 0 Å². The topological polar surface area (TPSA) is 55.6 Å². The van der Waals surface area contributed by atoms with Crippen molar-refractivity contribution in [1.29, 1.82) is 0 Å². The van der Waals surface area contributed by atoms with Crippen LogP contribution in [0, 0.1) is 5.92 Å². The Bertz CT molecular complexity index is 335. The second-order valence-electron chi connectivity index (χ2n) is 4.96. The Balaban J connectivity index is 1.99. The fourth-order valence-corrected chi connectivity index (χ4v) is 2.80. The number of aromatic nitrogens is 4. The molecular formula is C12H23N5. The Kier molecular flexibility index (Phi) is 4.48. The monoisotopic (exact) mass is 237 g/mol. The maximum atomic E-state index is 4.30. The van der Waals surface area contributed by atoms with Gasteiger partial charge < -0.3 is 5.32 Å². The normalized spacial score (nSPS) is 25.8. The molecule has 17 heavy (non-hydrogen) atoms. The van der Waals surface area contributed by atoms with Crippen LogP contribution in [-0.4, -0.2) is 32.8 Å². The first-order chi connectivity index (χ1) is 8.29. The minimum Gasteiger partial charge on any atom is -0.314 e. The molecule has 5 heteroatoms. The first kappa shape index (κ1) is 12.5. The smallest absolute Gasteiger partial charge is 0.175 e. The lowest BCUT2D eigenvalue weighted by atomic mass is 9.91. The number of nitrogens with zero attached hydrogens (tertiary/aromatic N) is 4. The predicted octanol–water partition coefficient (Wildman–Crippen LogP) is 1.31. The molecule has 0 saturated heterocycles. The van der Waals surface area contributed by atoms with E-state index in [1.54, 1.807) is 4.80 Å². The summed E-state index contributed by atoms with van der Waals surface area (Å²) in [5.41, 5.74) is 0. The van der Waals surface area contributed by atoms with Crippen molar-refractivity contribution in [3.05, 3.63) is 5.82 Å². The van der Waals surface area contributed by atoms with E-state index >= 15 is 0 Å². The Morgan fingerprint density at radius 2 is 2.12 bits per heavy atom. The third kappa shape index (κ3) is 3.49. The Hall–Kier alpha value is -0.970. The molecule has 1 fully saturated rings. The average molecular weight is 237 g/mol. The molecule has 1 aliphatic rings. The molecule has 0 bridgehead atoms. The zero-order valence-corrected chi connectivity index (χ0v) is 10.9. The van der Waals surface area contributed by atoms with Crippen molar-refractivity contribution < 1.29 is 0 Å². The van der Waals surface area contributed by atoms with Gasteiger partial charge in [0.15, 0.2) is 5.82 Å². The van der Waals surface area contributed by atoms with Crippen LogP contribution in [0.2, 0.25) is 0 Å². The van der Waals surface area contributed by atoms with Gasteiger partial charge in [0.25, 0.3) is 0 Å². The molecule has 0 aromatic carbocycles. The predicted molar refractivity (Wildman–Crippen MR) is 66.5 cm³/mol. The van der Waals surface area contributed by atoms with Gasteiger partial charge in [-0.2, -0.15) is 4.80 Å². The molecule has 0 radical (unpaired) electrons. The van der Waals surface area contributed by atoms with E-state index in [-0.39, 0.29) is 0 Å². The summed E-state index contributed by atoms with van der Waals surface area (Å²) in [4.78, 5) is 1.55. The fraction of sp³-hybridized carbons (Fsp3) is 0.917. The minimum absolute atomic E-state index is 0.631. The standard InChI is InChI=1S/C12H23N5/c1-3-13-11-8-6-4-5-7-10(11)9-12-14-16-17(2)15-12/h10-11,13H,3-9H2,1-2H3. The van der Waals surface area contributed by atoms with E-state index in [1.165, 1.54) is 32.1 Å². The maximum absolute atomic E-state index is 4.30. The lowest BCUT2D eigenvalue weighted by molar-refractivity contribution is 0.332. The van der Waals surface area contributed by atoms with Gasteiger partial charge in [-0.1, -0.05) is 26.2 Å². The molecule has 1 aromatic rings. The van der Waals surface area contributed by atoms with E-state index in [0.717, 1.165) is 18.8 Å². The highest BCUT2D eigenvalue weighted by molar-refractivity contribution is 4.88. The molecule has 1 N–H and O–H groups in total. The zero-order chi connectivity index (χ0) is 12.1. The Morgan fingerprint density at radius 1 is 1.29 bits per heavy atom. The minimum atomic E-state index is 0.631. The second-order valence-corrected chi connectivity index (χ2v) is 4.96. The molecule has 5 nitrogen and oxygen atoms in total. The van der Waals surface area contributed by atoms with Crippen LogP contribution in [0.5, 0.6) is 0 Å². The van der Waals surface area contributed by atoms with Crippen molar-refractivity contribution in [2.75, 3.05) is 6.54 Å². The van der Waals surface area contributed by atoms with Gasteiger partial charge in [-0.3, -0.25) is 0 Å². The molecule has 2 atom stereocenters. The van der Waals surface area contributed by atoms with E-state index in [1.807, 2.05) is 7.05 Å². The molecule has 0 spiro atoms. The summed E-state index contributed by atoms with van der Waals surface area (Å²) in [5.74, 6) is 1.56. The van der Waals surface area contributed by atoms with Gasteiger partial charge in [0.2, 0.25) is 0 Å². The number of nitrogens with one attached hydrogen (secondary N) is 1. The van der Waals surface area contributed by atoms with Gasteiger partial charge in [-0.15, -0.1) is 10.2 Å². The van der Waals surface area contributed by atoms with Crippen LogP contribution in [0.15, 0.2) is 0 Å². The Morgan fingerprint density at radius 3 is 2.82 bits per heavy atom. The largest absolute Gasteiger partial charge is 0.314 e. The first-order valence-electron chi connectivity index (χ1n) is 6.76. The Labute approximate surface area is 103 Å². The maximum Gasteiger partial charge on any atom is 0.175 e. The van der Waals surface area contributed by atoms with Crippen molar-refractivity contribution in [3.63, 3.8) is 0 Å². The van der Waals surface area contributed by atoms with E-state index in [2.05, 4.69) is 27.7 Å². The third-order valence-electron chi connectivity index (χ3n) is 3.62. The quantitative estimate of drug-likeness (QED) is 0.802. The number of hydrogen-bond acceptors (Lipinski definition) is 4. The lowest BCUT2D eigenvalue weighted by Gasteiger charge is -2.24. The van der Waals surface area contributed by atoms with Crippen LogP contribution in [0.25, 0.3) is 0 Å². The molecule has 0 amide bonds. The lowest BCUT2D eigenvalue weighted by Crippen LogP contribution is -2.36. The molecule has 1 aromatic heterocycles. The van der Waals surface area contributed by atoms with Crippen molar-refractivity contribution >= 4 is 0 Å². The van der Waals surface area contributed by atoms with Crippen LogP contribution in [0.3, 0.4) is 0 Å². The second kappa shape index (κ2) is 6.10. The molecule has 0 aliphatic heterocycles. The third-order valence-corrected chi connectivity index (χ3v) is 3.62. The molecule has 1 aliphatic carbocycles. The molecular weight excluding hydrogens is 214 g/mol. The highest BCUT2D eigenvalue weighted by Crippen LogP contribution is 2.25. The van der Waals surface area contributed by atoms with Crippen LogP contribution in [0.1, 0.15) is 44.9 Å². The number of hydrogen-bond donors (Lipinski definition) is 1. The molecule has 96 valence electrons. The molecule has 1 saturated carbocycles. The molecule has 2 unspecified atom stereocenters. The van der Waals surface area contributed by atoms with E-state index in [9.17, 15) is 0 Å². The van der Waals surface area contributed by atoms with Gasteiger partial charge in [0, 0.05) is 12.5 Å². The summed E-state index contributed by atoms with van der Waals surface area (Å²) >= 11 is 0. The summed E-state index contributed by atoms with van der Waals surface area (Å²) in [6, 6.07) is 0.631. The van der Waals surface area contributed by atoms with Crippen molar-refractivity contribution in [3.8, 4) is 0 Å². The van der Waals surface area contributed by atoms with Gasteiger partial charge in [-0.25, -0.2) is 0 Å². The highest BCUT2D eigenvalue weighted by Gasteiger charge is 2.24. The van der Waals surface area contributed by atoms with E-state index in [0.29, 0.717) is 12.0 Å². The summed E-state index contributed by atoms with van der Waals surface area (Å²) in [6.07, 6.45) is 7.60. The highest BCUT2D eigenvalue weighted by atomic mass is 15.6. The summed E-state index contributed by atoms with van der Waals surface area (Å²) in [7, 11) is 1.82. The van der Waals surface area contributed by atoms with Gasteiger partial charge >= 0.3 is 0 Å². The SMILES string of the molecule is CCNC1CCCCCC1Cc1nnn(C)n1. The van der Waals surface area contributed by atoms with Gasteiger partial charge in [0.05, 0.1) is 7.05 Å². The molecule has 1 heterocycles. The van der Waals surface area contributed by atoms with Gasteiger partial charge in [-0.05, 0) is 30.5 Å². The van der Waals surface area contributed by atoms with Gasteiger partial charge in [0.1, 0.15) is 0 Å². The molecule has 2 rings (SSSR count). The van der Waals surface area contributed by atoms with Crippen LogP contribution >= 0.6 is 0 Å². The van der Waals surface area contributed by atoms with Crippen molar-refractivity contribution in [2.24, 2.45) is 13.0 Å². The number of aryl methyl sites for hydroxylation is 1. The number of rotatable bonds is 4. The average Bonchev–Trinajstić information content (AvgIpc) is 2.58. The number of tetrazole rings is 1. The summed E-state index contributed by atoms with van der Waals surface area (Å²) < 4.78 is 0. The van der Waals surface area contributed by atoms with Crippen LogP contribution in [0.4, 0.5) is 0 Å². The first-order valence-corrected chi connectivity index (χ1v) is 6.76. The van der Waals surface area contributed by atoms with Crippen LogP contribution in [-0.2, 0) is 13.5 Å². The van der Waals surface area contributed by atoms with E-state index < -0.39 is 0 Å². The van der Waals surface area contributed by atoms with Crippen LogP contribution < -0.4 is 5.32 Å². The summed E-state index contributed by atoms with van der Waals surface area (Å²) in [6.45, 7) is 3.23. The summed E-state index contributed by atoms with van der Waals surface area (Å²) in [5, 5.41) is 15.9. The fourth-order valence-electron chi connectivity index (χ4n) is 2.80. The zero-order valence-electron chi connectivity index (χ0n) is 10.9. The van der Waals surface area contributed by atoms with Crippen molar-refractivity contribution in [1.82, 2.24) is 25.5 Å². The van der Waals surface area contributed by atoms with Crippen molar-refractivity contribution in [2.45, 2.75) is 51.5 Å².